The zero-order valence-electron chi connectivity index (χ0n) is 14.9. The van der Waals surface area contributed by atoms with Gasteiger partial charge in [-0.3, -0.25) is 4.79 Å². The van der Waals surface area contributed by atoms with Crippen LogP contribution in [0.25, 0.3) is 0 Å². The van der Waals surface area contributed by atoms with Crippen LogP contribution >= 0.6 is 11.6 Å². The van der Waals surface area contributed by atoms with E-state index in [9.17, 15) is 13.2 Å². The van der Waals surface area contributed by atoms with Crippen molar-refractivity contribution in [2.24, 2.45) is 4.40 Å². The molecule has 3 aliphatic heterocycles. The van der Waals surface area contributed by atoms with Crippen LogP contribution in [0.1, 0.15) is 12.0 Å². The van der Waals surface area contributed by atoms with Gasteiger partial charge in [-0.1, -0.05) is 11.6 Å². The van der Waals surface area contributed by atoms with Crippen LogP contribution in [0.4, 0.5) is 0 Å². The molecular weight excluding hydrogens is 406 g/mol. The maximum atomic E-state index is 12.5. The average molecular weight is 424 g/mol. The van der Waals surface area contributed by atoms with Gasteiger partial charge in [0.2, 0.25) is 0 Å². The van der Waals surface area contributed by atoms with E-state index in [1.165, 1.54) is 6.08 Å². The number of carbonyl (C=O) groups is 1. The molecule has 3 heterocycles. The second-order valence-corrected chi connectivity index (χ2v) is 8.65. The van der Waals surface area contributed by atoms with Gasteiger partial charge in [0, 0.05) is 25.7 Å². The van der Waals surface area contributed by atoms with E-state index < -0.39 is 10.0 Å². The first-order valence-corrected chi connectivity index (χ1v) is 10.8. The number of sulfonamides is 1. The predicted molar refractivity (Wildman–Crippen MR) is 104 cm³/mol. The lowest BCUT2D eigenvalue weighted by Crippen LogP contribution is -2.38. The van der Waals surface area contributed by atoms with Crippen molar-refractivity contribution in [2.45, 2.75) is 13.0 Å². The summed E-state index contributed by atoms with van der Waals surface area (Å²) >= 11 is 6.27. The standard InChI is InChI=1S/C18H18ClN3O5S/c19-14-8-12(9-15-17(14)27-6-1-5-26-15)10-20-18(23)13-2-3-16-21-28(24,25)7-4-22(16)11-13/h2-3,8-9,11H,1,4-7,10H2,(H,20,23). The van der Waals surface area contributed by atoms with Crippen molar-refractivity contribution in [1.29, 1.82) is 0 Å². The Hall–Kier alpha value is -2.52. The molecule has 0 saturated carbocycles. The van der Waals surface area contributed by atoms with Crippen molar-refractivity contribution < 1.29 is 22.7 Å². The second-order valence-electron chi connectivity index (χ2n) is 6.48. The maximum absolute atomic E-state index is 12.5. The Morgan fingerprint density at radius 1 is 1.25 bits per heavy atom. The summed E-state index contributed by atoms with van der Waals surface area (Å²) in [5.41, 5.74) is 1.20. The van der Waals surface area contributed by atoms with Crippen LogP contribution in [-0.2, 0) is 21.4 Å². The molecule has 8 nitrogen and oxygen atoms in total. The molecule has 0 fully saturated rings. The predicted octanol–water partition coefficient (Wildman–Crippen LogP) is 1.62. The molecule has 0 bridgehead atoms. The maximum Gasteiger partial charge on any atom is 0.256 e. The molecule has 10 heteroatoms. The van der Waals surface area contributed by atoms with Gasteiger partial charge in [0.1, 0.15) is 5.84 Å². The molecule has 3 aliphatic rings. The lowest BCUT2D eigenvalue weighted by atomic mass is 10.1. The summed E-state index contributed by atoms with van der Waals surface area (Å²) in [7, 11) is -3.42. The SMILES string of the molecule is O=C(NCc1cc(Cl)c2c(c1)OCCCO2)C1=CN2CCS(=O)(=O)N=C2C=C1. The Kier molecular flexibility index (Phi) is 5.03. The van der Waals surface area contributed by atoms with Crippen LogP contribution < -0.4 is 14.8 Å². The highest BCUT2D eigenvalue weighted by atomic mass is 35.5. The fourth-order valence-corrected chi connectivity index (χ4v) is 4.26. The molecule has 28 heavy (non-hydrogen) atoms. The Morgan fingerprint density at radius 2 is 2.07 bits per heavy atom. The highest BCUT2D eigenvalue weighted by molar-refractivity contribution is 7.90. The van der Waals surface area contributed by atoms with Crippen molar-refractivity contribution in [3.05, 3.63) is 46.6 Å². The van der Waals surface area contributed by atoms with Gasteiger partial charge in [-0.05, 0) is 29.8 Å². The first-order valence-electron chi connectivity index (χ1n) is 8.77. The van der Waals surface area contributed by atoms with Crippen LogP contribution in [0.15, 0.2) is 40.5 Å². The van der Waals surface area contributed by atoms with E-state index in [0.29, 0.717) is 41.1 Å². The fraction of sp³-hybridized carbons (Fsp3) is 0.333. The molecule has 4 rings (SSSR count). The molecule has 0 unspecified atom stereocenters. The van der Waals surface area contributed by atoms with Gasteiger partial charge in [0.25, 0.3) is 15.9 Å². The third-order valence-corrected chi connectivity index (χ3v) is 5.85. The van der Waals surface area contributed by atoms with E-state index >= 15 is 0 Å². The van der Waals surface area contributed by atoms with Gasteiger partial charge >= 0.3 is 0 Å². The molecule has 0 aromatic heterocycles. The van der Waals surface area contributed by atoms with Crippen LogP contribution in [0, 0.1) is 0 Å². The van der Waals surface area contributed by atoms with Crippen molar-refractivity contribution >= 4 is 33.4 Å². The smallest absolute Gasteiger partial charge is 0.256 e. The Labute approximate surface area is 167 Å². The number of nitrogens with zero attached hydrogens (tertiary/aromatic N) is 2. The number of benzene rings is 1. The lowest BCUT2D eigenvalue weighted by molar-refractivity contribution is -0.117. The monoisotopic (exact) mass is 423 g/mol. The minimum absolute atomic E-state index is 0.0779. The number of amidine groups is 1. The normalized spacial score (nSPS) is 19.8. The number of amides is 1. The molecule has 0 radical (unpaired) electrons. The van der Waals surface area contributed by atoms with E-state index in [-0.39, 0.29) is 24.7 Å². The number of nitrogens with one attached hydrogen (secondary N) is 1. The average Bonchev–Trinajstić information content (AvgIpc) is 2.91. The molecule has 1 aromatic rings. The van der Waals surface area contributed by atoms with E-state index in [2.05, 4.69) is 9.71 Å². The van der Waals surface area contributed by atoms with Crippen molar-refractivity contribution in [2.75, 3.05) is 25.5 Å². The Bertz CT molecular complexity index is 1020. The number of rotatable bonds is 3. The van der Waals surface area contributed by atoms with Gasteiger partial charge < -0.3 is 19.7 Å². The largest absolute Gasteiger partial charge is 0.489 e. The van der Waals surface area contributed by atoms with E-state index in [0.717, 1.165) is 12.0 Å². The summed E-state index contributed by atoms with van der Waals surface area (Å²) in [5, 5.41) is 3.27. The van der Waals surface area contributed by atoms with Crippen molar-refractivity contribution in [3.63, 3.8) is 0 Å². The minimum Gasteiger partial charge on any atom is -0.489 e. The molecule has 1 amide bonds. The van der Waals surface area contributed by atoms with Gasteiger partial charge in [-0.2, -0.15) is 0 Å². The zero-order valence-corrected chi connectivity index (χ0v) is 16.4. The second kappa shape index (κ2) is 7.48. The van der Waals surface area contributed by atoms with Crippen molar-refractivity contribution in [1.82, 2.24) is 10.2 Å². The fourth-order valence-electron chi connectivity index (χ4n) is 3.01. The highest BCUT2D eigenvalue weighted by Crippen LogP contribution is 2.38. The molecule has 148 valence electrons. The van der Waals surface area contributed by atoms with Gasteiger partial charge in [0.05, 0.1) is 29.6 Å². The topological polar surface area (TPSA) is 97.3 Å². The molecule has 1 aromatic carbocycles. The number of ether oxygens (including phenoxy) is 2. The molecule has 1 N–H and O–H groups in total. The summed E-state index contributed by atoms with van der Waals surface area (Å²) in [6.45, 7) is 1.62. The number of hydrogen-bond donors (Lipinski definition) is 1. The van der Waals surface area contributed by atoms with Crippen molar-refractivity contribution in [3.8, 4) is 11.5 Å². The zero-order chi connectivity index (χ0) is 19.7. The van der Waals surface area contributed by atoms with Gasteiger partial charge in [-0.15, -0.1) is 4.40 Å². The summed E-state index contributed by atoms with van der Waals surface area (Å²) < 4.78 is 38.1. The van der Waals surface area contributed by atoms with E-state index in [1.807, 2.05) is 0 Å². The van der Waals surface area contributed by atoms with Crippen LogP contribution in [-0.4, -0.2) is 50.6 Å². The van der Waals surface area contributed by atoms with E-state index in [4.69, 9.17) is 21.1 Å². The van der Waals surface area contributed by atoms with E-state index in [1.54, 1.807) is 29.3 Å². The van der Waals surface area contributed by atoms with Crippen LogP contribution in [0.2, 0.25) is 5.02 Å². The van der Waals surface area contributed by atoms with Gasteiger partial charge in [0.15, 0.2) is 11.5 Å². The lowest BCUT2D eigenvalue weighted by Gasteiger charge is -2.26. The number of carbonyl (C=O) groups excluding carboxylic acids is 1. The van der Waals surface area contributed by atoms with Crippen LogP contribution in [0.5, 0.6) is 11.5 Å². The number of fused-ring (bicyclic) bond motifs is 2. The summed E-state index contributed by atoms with van der Waals surface area (Å²) in [6, 6.07) is 3.54. The number of halogens is 1. The summed E-state index contributed by atoms with van der Waals surface area (Å²) in [5.74, 6) is 1.05. The first kappa shape index (κ1) is 18.8. The summed E-state index contributed by atoms with van der Waals surface area (Å²) in [4.78, 5) is 14.2. The highest BCUT2D eigenvalue weighted by Gasteiger charge is 2.25. The third-order valence-electron chi connectivity index (χ3n) is 4.40. The van der Waals surface area contributed by atoms with Gasteiger partial charge in [-0.25, -0.2) is 8.42 Å². The Balaban J connectivity index is 1.44. The molecule has 0 aliphatic carbocycles. The minimum atomic E-state index is -3.42. The summed E-state index contributed by atoms with van der Waals surface area (Å²) in [6.07, 6.45) is 5.45. The molecule has 0 atom stereocenters. The Morgan fingerprint density at radius 3 is 2.93 bits per heavy atom. The number of hydrogen-bond acceptors (Lipinski definition) is 6. The first-order chi connectivity index (χ1) is 13.4. The third kappa shape index (κ3) is 4.00. The quantitative estimate of drug-likeness (QED) is 0.793. The molecule has 0 spiro atoms. The van der Waals surface area contributed by atoms with Crippen LogP contribution in [0.3, 0.4) is 0 Å². The molecule has 0 saturated heterocycles. The molecular formula is C18H18ClN3O5S.